The lowest BCUT2D eigenvalue weighted by molar-refractivity contribution is 0.412. The summed E-state index contributed by atoms with van der Waals surface area (Å²) in [7, 11) is -7.15. The van der Waals surface area contributed by atoms with Crippen LogP contribution in [0, 0.1) is 6.92 Å². The molecular weight excluding hydrogens is 362 g/mol. The van der Waals surface area contributed by atoms with Gasteiger partial charge in [-0.2, -0.15) is 4.31 Å². The third kappa shape index (κ3) is 5.89. The molecule has 0 saturated carbocycles. The highest BCUT2D eigenvalue weighted by molar-refractivity contribution is 7.89. The molecule has 0 spiro atoms. The summed E-state index contributed by atoms with van der Waals surface area (Å²) in [6, 6.07) is 9.97. The molecule has 1 heterocycles. The van der Waals surface area contributed by atoms with E-state index in [9.17, 15) is 16.8 Å². The summed E-state index contributed by atoms with van der Waals surface area (Å²) in [5.41, 5.74) is 1.61. The molecule has 2 aromatic rings. The number of nitrogens with one attached hydrogen (secondary N) is 1. The zero-order valence-corrected chi connectivity index (χ0v) is 15.7. The van der Waals surface area contributed by atoms with E-state index in [4.69, 9.17) is 0 Å². The van der Waals surface area contributed by atoms with Gasteiger partial charge in [0.2, 0.25) is 20.0 Å². The predicted molar refractivity (Wildman–Crippen MR) is 95.9 cm³/mol. The Morgan fingerprint density at radius 3 is 2.36 bits per heavy atom. The second kappa shape index (κ2) is 8.05. The lowest BCUT2D eigenvalue weighted by Crippen LogP contribution is -2.37. The van der Waals surface area contributed by atoms with E-state index in [1.165, 1.54) is 10.4 Å². The Morgan fingerprint density at radius 2 is 1.76 bits per heavy atom. The maximum atomic E-state index is 12.3. The fraction of sp³-hybridized carbons (Fsp3) is 0.312. The molecule has 1 N–H and O–H groups in total. The lowest BCUT2D eigenvalue weighted by atomic mass is 10.2. The molecule has 25 heavy (non-hydrogen) atoms. The van der Waals surface area contributed by atoms with Crippen molar-refractivity contribution in [1.29, 1.82) is 0 Å². The van der Waals surface area contributed by atoms with E-state index in [1.807, 2.05) is 0 Å². The topological polar surface area (TPSA) is 96.4 Å². The smallest absolute Gasteiger partial charge is 0.240 e. The SMILES string of the molecule is Cc1cccc(S(=O)(=O)NCCN(Cc2ccncc2)S(C)(=O)=O)c1. The first-order valence-electron chi connectivity index (χ1n) is 7.59. The van der Waals surface area contributed by atoms with Crippen molar-refractivity contribution in [2.45, 2.75) is 18.4 Å². The fourth-order valence-corrected chi connectivity index (χ4v) is 4.16. The van der Waals surface area contributed by atoms with Crippen molar-refractivity contribution in [2.75, 3.05) is 19.3 Å². The molecule has 0 amide bonds. The highest BCUT2D eigenvalue weighted by atomic mass is 32.2. The number of rotatable bonds is 8. The van der Waals surface area contributed by atoms with Crippen LogP contribution in [0.1, 0.15) is 11.1 Å². The van der Waals surface area contributed by atoms with Gasteiger partial charge in [0.15, 0.2) is 0 Å². The van der Waals surface area contributed by atoms with E-state index in [-0.39, 0.29) is 24.5 Å². The molecule has 1 aromatic heterocycles. The third-order valence-corrected chi connectivity index (χ3v) is 6.24. The van der Waals surface area contributed by atoms with Gasteiger partial charge in [-0.05, 0) is 42.3 Å². The van der Waals surface area contributed by atoms with E-state index in [2.05, 4.69) is 9.71 Å². The number of hydrogen-bond donors (Lipinski definition) is 1. The third-order valence-electron chi connectivity index (χ3n) is 3.53. The quantitative estimate of drug-likeness (QED) is 0.737. The first kappa shape index (κ1) is 19.5. The first-order chi connectivity index (χ1) is 11.7. The molecule has 0 aliphatic heterocycles. The average molecular weight is 383 g/mol. The summed E-state index contributed by atoms with van der Waals surface area (Å²) < 4.78 is 52.1. The number of pyridine rings is 1. The van der Waals surface area contributed by atoms with Crippen LogP contribution in [0.25, 0.3) is 0 Å². The van der Waals surface area contributed by atoms with E-state index < -0.39 is 20.0 Å². The van der Waals surface area contributed by atoms with Crippen LogP contribution in [0.15, 0.2) is 53.7 Å². The molecule has 0 saturated heterocycles. The molecule has 2 rings (SSSR count). The molecule has 0 bridgehead atoms. The predicted octanol–water partition coefficient (Wildman–Crippen LogP) is 1.13. The van der Waals surface area contributed by atoms with Crippen molar-refractivity contribution in [3.63, 3.8) is 0 Å². The van der Waals surface area contributed by atoms with Gasteiger partial charge in [-0.3, -0.25) is 4.98 Å². The van der Waals surface area contributed by atoms with Crippen molar-refractivity contribution in [1.82, 2.24) is 14.0 Å². The molecule has 0 fully saturated rings. The van der Waals surface area contributed by atoms with Gasteiger partial charge in [0.05, 0.1) is 11.2 Å². The van der Waals surface area contributed by atoms with Crippen LogP contribution < -0.4 is 4.72 Å². The Hall–Kier alpha value is -1.81. The second-order valence-corrected chi connectivity index (χ2v) is 9.42. The molecule has 0 unspecified atom stereocenters. The van der Waals surface area contributed by atoms with Crippen LogP contribution >= 0.6 is 0 Å². The van der Waals surface area contributed by atoms with Crippen LogP contribution in [0.2, 0.25) is 0 Å². The minimum atomic E-state index is -3.68. The Morgan fingerprint density at radius 1 is 1.08 bits per heavy atom. The molecule has 7 nitrogen and oxygen atoms in total. The summed E-state index contributed by atoms with van der Waals surface area (Å²) in [6.45, 7) is 1.98. The number of aryl methyl sites for hydroxylation is 1. The highest BCUT2D eigenvalue weighted by Crippen LogP contribution is 2.11. The normalized spacial score (nSPS) is 12.4. The van der Waals surface area contributed by atoms with Crippen LogP contribution in [-0.4, -0.2) is 45.5 Å². The summed E-state index contributed by atoms with van der Waals surface area (Å²) in [6.07, 6.45) is 4.26. The summed E-state index contributed by atoms with van der Waals surface area (Å²) in [5, 5.41) is 0. The van der Waals surface area contributed by atoms with Gasteiger partial charge >= 0.3 is 0 Å². The van der Waals surface area contributed by atoms with Crippen molar-refractivity contribution in [2.24, 2.45) is 0 Å². The van der Waals surface area contributed by atoms with Crippen molar-refractivity contribution >= 4 is 20.0 Å². The Labute approximate surface area is 148 Å². The van der Waals surface area contributed by atoms with Crippen LogP contribution in [0.3, 0.4) is 0 Å². The minimum Gasteiger partial charge on any atom is -0.265 e. The van der Waals surface area contributed by atoms with E-state index in [1.54, 1.807) is 49.6 Å². The molecular formula is C16H21N3O4S2. The lowest BCUT2D eigenvalue weighted by Gasteiger charge is -2.20. The standard InChI is InChI=1S/C16H21N3O4S2/c1-14-4-3-5-16(12-14)25(22,23)18-10-11-19(24(2,20)21)13-15-6-8-17-9-7-15/h3-9,12,18H,10-11,13H2,1-2H3. The zero-order valence-electron chi connectivity index (χ0n) is 14.1. The van der Waals surface area contributed by atoms with E-state index >= 15 is 0 Å². The van der Waals surface area contributed by atoms with Gasteiger partial charge in [0.25, 0.3) is 0 Å². The maximum Gasteiger partial charge on any atom is 0.240 e. The highest BCUT2D eigenvalue weighted by Gasteiger charge is 2.19. The average Bonchev–Trinajstić information content (AvgIpc) is 2.54. The largest absolute Gasteiger partial charge is 0.265 e. The number of sulfonamides is 2. The molecule has 0 radical (unpaired) electrons. The second-order valence-electron chi connectivity index (χ2n) is 5.67. The number of nitrogens with zero attached hydrogens (tertiary/aromatic N) is 2. The Balaban J connectivity index is 2.03. The van der Waals surface area contributed by atoms with E-state index in [0.29, 0.717) is 0 Å². The summed E-state index contributed by atoms with van der Waals surface area (Å²) in [5.74, 6) is 0. The van der Waals surface area contributed by atoms with Gasteiger partial charge in [0.1, 0.15) is 0 Å². The number of aromatic nitrogens is 1. The zero-order chi connectivity index (χ0) is 18.5. The van der Waals surface area contributed by atoms with Crippen molar-refractivity contribution < 1.29 is 16.8 Å². The fourth-order valence-electron chi connectivity index (χ4n) is 2.22. The summed E-state index contributed by atoms with van der Waals surface area (Å²) in [4.78, 5) is 4.05. The van der Waals surface area contributed by atoms with Gasteiger partial charge < -0.3 is 0 Å². The van der Waals surface area contributed by atoms with Gasteiger partial charge in [-0.25, -0.2) is 21.6 Å². The maximum absolute atomic E-state index is 12.3. The van der Waals surface area contributed by atoms with Gasteiger partial charge in [0, 0.05) is 32.0 Å². The Bertz CT molecular complexity index is 913. The van der Waals surface area contributed by atoms with Crippen molar-refractivity contribution in [3.05, 3.63) is 59.9 Å². The van der Waals surface area contributed by atoms with Crippen molar-refractivity contribution in [3.8, 4) is 0 Å². The first-order valence-corrected chi connectivity index (χ1v) is 10.9. The van der Waals surface area contributed by atoms with Gasteiger partial charge in [-0.1, -0.05) is 12.1 Å². The molecule has 1 aromatic carbocycles. The van der Waals surface area contributed by atoms with E-state index in [0.717, 1.165) is 17.4 Å². The molecule has 136 valence electrons. The molecule has 0 aliphatic carbocycles. The number of hydrogen-bond acceptors (Lipinski definition) is 5. The van der Waals surface area contributed by atoms with Gasteiger partial charge in [-0.15, -0.1) is 0 Å². The van der Waals surface area contributed by atoms with Crippen LogP contribution in [-0.2, 0) is 26.6 Å². The molecule has 0 aliphatic rings. The molecule has 0 atom stereocenters. The van der Waals surface area contributed by atoms with Crippen LogP contribution in [0.4, 0.5) is 0 Å². The van der Waals surface area contributed by atoms with Crippen LogP contribution in [0.5, 0.6) is 0 Å². The minimum absolute atomic E-state index is 0.0194. The number of benzene rings is 1. The Kier molecular flexibility index (Phi) is 6.28. The molecule has 9 heteroatoms. The monoisotopic (exact) mass is 383 g/mol. The summed E-state index contributed by atoms with van der Waals surface area (Å²) >= 11 is 0.